The number of carbonyl (C=O) groups is 2. The number of benzene rings is 1. The van der Waals surface area contributed by atoms with Gasteiger partial charge < -0.3 is 10.4 Å². The first kappa shape index (κ1) is 17.2. The van der Waals surface area contributed by atoms with Gasteiger partial charge in [0.05, 0.1) is 11.3 Å². The molecule has 1 rings (SSSR count). The van der Waals surface area contributed by atoms with Gasteiger partial charge in [-0.3, -0.25) is 4.79 Å². The number of sulfone groups is 1. The summed E-state index contributed by atoms with van der Waals surface area (Å²) < 4.78 is 22.9. The summed E-state index contributed by atoms with van der Waals surface area (Å²) in [4.78, 5) is 22.2. The second-order valence-corrected chi connectivity index (χ2v) is 6.88. The number of carboxylic acid groups (broad SMARTS) is 1. The summed E-state index contributed by atoms with van der Waals surface area (Å²) in [5.74, 6) is -1.97. The first-order valence-electron chi connectivity index (χ1n) is 6.63. The summed E-state index contributed by atoms with van der Waals surface area (Å²) >= 11 is 0. The van der Waals surface area contributed by atoms with Gasteiger partial charge in [0.1, 0.15) is 5.75 Å². The van der Waals surface area contributed by atoms with Gasteiger partial charge in [-0.1, -0.05) is 19.1 Å². The zero-order valence-corrected chi connectivity index (χ0v) is 12.6. The molecule has 0 aromatic heterocycles. The fourth-order valence-corrected chi connectivity index (χ4v) is 3.06. The van der Waals surface area contributed by atoms with E-state index in [9.17, 15) is 18.0 Å². The summed E-state index contributed by atoms with van der Waals surface area (Å²) in [6.07, 6.45) is 1.00. The van der Waals surface area contributed by atoms with Crippen LogP contribution in [0.15, 0.2) is 24.3 Å². The molecule has 0 heterocycles. The minimum Gasteiger partial charge on any atom is -0.478 e. The van der Waals surface area contributed by atoms with E-state index in [0.29, 0.717) is 19.4 Å². The lowest BCUT2D eigenvalue weighted by atomic mass is 10.1. The Balaban J connectivity index is 2.39. The van der Waals surface area contributed by atoms with Crippen molar-refractivity contribution in [2.24, 2.45) is 0 Å². The third-order valence-corrected chi connectivity index (χ3v) is 4.54. The van der Waals surface area contributed by atoms with Crippen LogP contribution in [-0.2, 0) is 21.1 Å². The number of aromatic carboxylic acids is 1. The smallest absolute Gasteiger partial charge is 0.335 e. The van der Waals surface area contributed by atoms with Gasteiger partial charge in [-0.15, -0.1) is 0 Å². The van der Waals surface area contributed by atoms with E-state index in [4.69, 9.17) is 5.11 Å². The molecule has 0 aliphatic heterocycles. The maximum Gasteiger partial charge on any atom is 0.335 e. The Morgan fingerprint density at radius 2 is 1.81 bits per heavy atom. The van der Waals surface area contributed by atoms with Crippen molar-refractivity contribution in [3.8, 4) is 0 Å². The van der Waals surface area contributed by atoms with Gasteiger partial charge in [-0.25, -0.2) is 13.2 Å². The zero-order chi connectivity index (χ0) is 15.9. The van der Waals surface area contributed by atoms with Crippen LogP contribution in [0.5, 0.6) is 0 Å². The molecular weight excluding hydrogens is 294 g/mol. The van der Waals surface area contributed by atoms with Crippen LogP contribution in [0.25, 0.3) is 0 Å². The lowest BCUT2D eigenvalue weighted by Crippen LogP contribution is -2.32. The van der Waals surface area contributed by atoms with Crippen molar-refractivity contribution in [3.63, 3.8) is 0 Å². The fourth-order valence-electron chi connectivity index (χ4n) is 1.79. The highest BCUT2D eigenvalue weighted by molar-refractivity contribution is 7.92. The third-order valence-electron chi connectivity index (χ3n) is 2.80. The molecule has 1 aromatic rings. The largest absolute Gasteiger partial charge is 0.478 e. The van der Waals surface area contributed by atoms with Crippen molar-refractivity contribution in [2.75, 3.05) is 18.1 Å². The van der Waals surface area contributed by atoms with Crippen molar-refractivity contribution in [1.29, 1.82) is 0 Å². The zero-order valence-electron chi connectivity index (χ0n) is 11.8. The van der Waals surface area contributed by atoms with Gasteiger partial charge in [0, 0.05) is 6.54 Å². The summed E-state index contributed by atoms with van der Waals surface area (Å²) in [5, 5.41) is 11.3. The molecule has 0 unspecified atom stereocenters. The molecule has 0 atom stereocenters. The Bertz CT molecular complexity index is 592. The van der Waals surface area contributed by atoms with Crippen molar-refractivity contribution in [2.45, 2.75) is 19.8 Å². The molecule has 0 fully saturated rings. The van der Waals surface area contributed by atoms with Crippen LogP contribution in [0.1, 0.15) is 29.3 Å². The van der Waals surface area contributed by atoms with Gasteiger partial charge in [-0.05, 0) is 30.5 Å². The Morgan fingerprint density at radius 3 is 2.33 bits per heavy atom. The van der Waals surface area contributed by atoms with Gasteiger partial charge in [-0.2, -0.15) is 0 Å². The van der Waals surface area contributed by atoms with E-state index in [1.807, 2.05) is 0 Å². The summed E-state index contributed by atoms with van der Waals surface area (Å²) in [5.41, 5.74) is 1.07. The van der Waals surface area contributed by atoms with Crippen molar-refractivity contribution < 1.29 is 23.1 Å². The molecule has 1 aromatic carbocycles. The maximum atomic E-state index is 11.5. The minimum absolute atomic E-state index is 0.0110. The van der Waals surface area contributed by atoms with E-state index in [2.05, 4.69) is 5.32 Å². The molecule has 0 saturated heterocycles. The Hall–Kier alpha value is -1.89. The number of carboxylic acids is 1. The number of hydrogen-bond acceptors (Lipinski definition) is 4. The monoisotopic (exact) mass is 313 g/mol. The average molecular weight is 313 g/mol. The molecule has 21 heavy (non-hydrogen) atoms. The molecule has 116 valence electrons. The lowest BCUT2D eigenvalue weighted by molar-refractivity contribution is -0.118. The van der Waals surface area contributed by atoms with Crippen LogP contribution in [0.4, 0.5) is 0 Å². The molecule has 1 amide bonds. The first-order chi connectivity index (χ1) is 9.84. The Morgan fingerprint density at radius 1 is 1.19 bits per heavy atom. The van der Waals surface area contributed by atoms with Crippen LogP contribution in [0.3, 0.4) is 0 Å². The Labute approximate surface area is 124 Å². The fraction of sp³-hybridized carbons (Fsp3) is 0.429. The van der Waals surface area contributed by atoms with Gasteiger partial charge in [0.25, 0.3) is 0 Å². The molecular formula is C14H19NO5S. The maximum absolute atomic E-state index is 11.5. The van der Waals surface area contributed by atoms with E-state index >= 15 is 0 Å². The topological polar surface area (TPSA) is 101 Å². The predicted octanol–water partition coefficient (Wildman–Crippen LogP) is 0.868. The van der Waals surface area contributed by atoms with E-state index in [0.717, 1.165) is 5.56 Å². The quantitative estimate of drug-likeness (QED) is 0.741. The van der Waals surface area contributed by atoms with Crippen LogP contribution >= 0.6 is 0 Å². The summed E-state index contributed by atoms with van der Waals surface area (Å²) in [6, 6.07) is 6.32. The summed E-state index contributed by atoms with van der Waals surface area (Å²) in [6.45, 7) is 2.06. The molecule has 0 saturated carbocycles. The number of rotatable bonds is 8. The molecule has 0 aliphatic rings. The van der Waals surface area contributed by atoms with E-state index in [1.54, 1.807) is 19.1 Å². The van der Waals surface area contributed by atoms with Gasteiger partial charge >= 0.3 is 5.97 Å². The number of hydrogen-bond donors (Lipinski definition) is 2. The number of carbonyl (C=O) groups excluding carboxylic acids is 1. The third kappa shape index (κ3) is 6.40. The lowest BCUT2D eigenvalue weighted by Gasteiger charge is -2.06. The van der Waals surface area contributed by atoms with Crippen LogP contribution in [-0.4, -0.2) is 43.5 Å². The van der Waals surface area contributed by atoms with Crippen LogP contribution < -0.4 is 5.32 Å². The molecule has 7 heteroatoms. The summed E-state index contributed by atoms with van der Waals surface area (Å²) in [7, 11) is -3.32. The number of amides is 1. The van der Waals surface area contributed by atoms with Crippen LogP contribution in [0, 0.1) is 0 Å². The second kappa shape index (κ2) is 7.78. The van der Waals surface area contributed by atoms with Crippen molar-refractivity contribution in [3.05, 3.63) is 35.4 Å². The highest BCUT2D eigenvalue weighted by Crippen LogP contribution is 2.04. The van der Waals surface area contributed by atoms with Crippen molar-refractivity contribution >= 4 is 21.7 Å². The molecule has 2 N–H and O–H groups in total. The Kier molecular flexibility index (Phi) is 6.36. The standard InChI is InChI=1S/C14H19NO5S/c1-2-9-21(19,20)10-13(16)15-8-7-11-3-5-12(6-4-11)14(17)18/h3-6H,2,7-10H2,1H3,(H,15,16)(H,17,18). The first-order valence-corrected chi connectivity index (χ1v) is 8.45. The molecule has 0 aliphatic carbocycles. The number of nitrogens with one attached hydrogen (secondary N) is 1. The average Bonchev–Trinajstić information content (AvgIpc) is 2.38. The van der Waals surface area contributed by atoms with Crippen LogP contribution in [0.2, 0.25) is 0 Å². The van der Waals surface area contributed by atoms with E-state index in [1.165, 1.54) is 12.1 Å². The molecule has 0 spiro atoms. The predicted molar refractivity (Wildman–Crippen MR) is 79.1 cm³/mol. The molecule has 0 radical (unpaired) electrons. The molecule has 6 nitrogen and oxygen atoms in total. The second-order valence-electron chi connectivity index (χ2n) is 4.69. The molecule has 0 bridgehead atoms. The van der Waals surface area contributed by atoms with E-state index < -0.39 is 27.5 Å². The van der Waals surface area contributed by atoms with Crippen molar-refractivity contribution in [1.82, 2.24) is 5.32 Å². The highest BCUT2D eigenvalue weighted by Gasteiger charge is 2.14. The highest BCUT2D eigenvalue weighted by atomic mass is 32.2. The normalized spacial score (nSPS) is 11.1. The van der Waals surface area contributed by atoms with Gasteiger partial charge in [0.2, 0.25) is 5.91 Å². The minimum atomic E-state index is -3.32. The van der Waals surface area contributed by atoms with Gasteiger partial charge in [0.15, 0.2) is 9.84 Å². The van der Waals surface area contributed by atoms with E-state index in [-0.39, 0.29) is 11.3 Å². The SMILES string of the molecule is CCCS(=O)(=O)CC(=O)NCCc1ccc(C(=O)O)cc1.